The van der Waals surface area contributed by atoms with Gasteiger partial charge < -0.3 is 5.32 Å². The molecule has 0 spiro atoms. The van der Waals surface area contributed by atoms with E-state index in [0.29, 0.717) is 11.5 Å². The normalized spacial score (nSPS) is 17.5. The van der Waals surface area contributed by atoms with Crippen LogP contribution in [0.4, 0.5) is 5.69 Å². The highest BCUT2D eigenvalue weighted by atomic mass is 35.5. The number of amides is 1. The van der Waals surface area contributed by atoms with Crippen molar-refractivity contribution < 1.29 is 9.00 Å². The summed E-state index contributed by atoms with van der Waals surface area (Å²) in [5, 5.41) is 6.09. The Bertz CT molecular complexity index is 722. The van der Waals surface area contributed by atoms with Crippen molar-refractivity contribution in [3.05, 3.63) is 65.7 Å². The molecule has 3 rings (SSSR count). The smallest absolute Gasteiger partial charge is 0.242 e. The Kier molecular flexibility index (Phi) is 7.96. The van der Waals surface area contributed by atoms with Crippen LogP contribution >= 0.6 is 24.2 Å². The van der Waals surface area contributed by atoms with Gasteiger partial charge >= 0.3 is 0 Å². The first kappa shape index (κ1) is 20.0. The molecule has 7 heteroatoms. The van der Waals surface area contributed by atoms with Gasteiger partial charge in [-0.3, -0.25) is 14.3 Å². The molecule has 1 fully saturated rings. The van der Waals surface area contributed by atoms with Gasteiger partial charge in [-0.2, -0.15) is 0 Å². The third kappa shape index (κ3) is 6.15. The number of carbonyl (C=O) groups excluding carboxylic acids is 1. The van der Waals surface area contributed by atoms with Crippen LogP contribution in [0.5, 0.6) is 0 Å². The summed E-state index contributed by atoms with van der Waals surface area (Å²) in [4.78, 5) is 12.1. The SMILES string of the molecule is Cl.O=C(Nc1cccc(CS(=O)Cc2ccccc2)c1)C1CSCN1. The van der Waals surface area contributed by atoms with Gasteiger partial charge in [-0.05, 0) is 23.3 Å². The van der Waals surface area contributed by atoms with Crippen molar-refractivity contribution >= 4 is 46.6 Å². The van der Waals surface area contributed by atoms with Crippen molar-refractivity contribution in [1.82, 2.24) is 5.32 Å². The van der Waals surface area contributed by atoms with Crippen LogP contribution < -0.4 is 10.6 Å². The minimum atomic E-state index is -0.973. The molecule has 0 aliphatic carbocycles. The summed E-state index contributed by atoms with van der Waals surface area (Å²) in [6, 6.07) is 17.3. The Morgan fingerprint density at radius 2 is 1.84 bits per heavy atom. The highest BCUT2D eigenvalue weighted by molar-refractivity contribution is 7.99. The molecule has 1 aliphatic heterocycles. The first-order chi connectivity index (χ1) is 11.7. The van der Waals surface area contributed by atoms with E-state index in [-0.39, 0.29) is 24.4 Å². The van der Waals surface area contributed by atoms with E-state index in [2.05, 4.69) is 10.6 Å². The fourth-order valence-corrected chi connectivity index (χ4v) is 4.69. The predicted octanol–water partition coefficient (Wildman–Crippen LogP) is 3.16. The van der Waals surface area contributed by atoms with E-state index >= 15 is 0 Å². The van der Waals surface area contributed by atoms with Crippen LogP contribution in [-0.4, -0.2) is 27.8 Å². The first-order valence-electron chi connectivity index (χ1n) is 7.80. The van der Waals surface area contributed by atoms with Crippen molar-refractivity contribution in [2.75, 3.05) is 16.9 Å². The summed E-state index contributed by atoms with van der Waals surface area (Å²) in [5.41, 5.74) is 2.80. The molecule has 4 nitrogen and oxygen atoms in total. The Morgan fingerprint density at radius 1 is 1.12 bits per heavy atom. The lowest BCUT2D eigenvalue weighted by atomic mass is 10.2. The maximum atomic E-state index is 12.3. The zero-order valence-electron chi connectivity index (χ0n) is 13.6. The summed E-state index contributed by atoms with van der Waals surface area (Å²) in [7, 11) is -0.973. The maximum absolute atomic E-state index is 12.3. The molecular weight excluding hydrogens is 376 g/mol. The van der Waals surface area contributed by atoms with E-state index < -0.39 is 10.8 Å². The topological polar surface area (TPSA) is 58.2 Å². The number of thioether (sulfide) groups is 1. The highest BCUT2D eigenvalue weighted by Crippen LogP contribution is 2.16. The Hall–Kier alpha value is -1.34. The van der Waals surface area contributed by atoms with Crippen LogP contribution in [0.15, 0.2) is 54.6 Å². The van der Waals surface area contributed by atoms with E-state index in [1.54, 1.807) is 11.8 Å². The van der Waals surface area contributed by atoms with Crippen molar-refractivity contribution in [3.8, 4) is 0 Å². The molecule has 2 unspecified atom stereocenters. The molecule has 2 atom stereocenters. The lowest BCUT2D eigenvalue weighted by Crippen LogP contribution is -2.37. The van der Waals surface area contributed by atoms with Gasteiger partial charge in [0.15, 0.2) is 0 Å². The van der Waals surface area contributed by atoms with Crippen molar-refractivity contribution in [2.45, 2.75) is 17.5 Å². The number of anilines is 1. The second-order valence-corrected chi connectivity index (χ2v) is 8.16. The minimum Gasteiger partial charge on any atom is -0.325 e. The van der Waals surface area contributed by atoms with Crippen LogP contribution in [0, 0.1) is 0 Å². The van der Waals surface area contributed by atoms with Gasteiger partial charge in [-0.25, -0.2) is 0 Å². The zero-order chi connectivity index (χ0) is 16.8. The van der Waals surface area contributed by atoms with E-state index in [1.807, 2.05) is 54.6 Å². The minimum absolute atomic E-state index is 0. The van der Waals surface area contributed by atoms with Crippen LogP contribution in [0.25, 0.3) is 0 Å². The molecule has 1 aliphatic rings. The number of nitrogens with one attached hydrogen (secondary N) is 2. The lowest BCUT2D eigenvalue weighted by Gasteiger charge is -2.11. The summed E-state index contributed by atoms with van der Waals surface area (Å²) in [6.45, 7) is 0. The highest BCUT2D eigenvalue weighted by Gasteiger charge is 2.22. The van der Waals surface area contributed by atoms with E-state index in [0.717, 1.165) is 28.4 Å². The standard InChI is InChI=1S/C18H20N2O2S2.ClH/c21-18(17-10-23-13-19-17)20-16-8-4-7-15(9-16)12-24(22)11-14-5-2-1-3-6-14;/h1-9,17,19H,10-13H2,(H,20,21);1H. The van der Waals surface area contributed by atoms with Gasteiger partial charge in [0.2, 0.25) is 5.91 Å². The number of hydrogen-bond donors (Lipinski definition) is 2. The van der Waals surface area contributed by atoms with Gasteiger partial charge in [0, 0.05) is 39.6 Å². The molecule has 0 radical (unpaired) electrons. The third-order valence-corrected chi connectivity index (χ3v) is 5.98. The number of rotatable bonds is 6. The average molecular weight is 397 g/mol. The average Bonchev–Trinajstić information content (AvgIpc) is 3.10. The zero-order valence-corrected chi connectivity index (χ0v) is 16.1. The molecule has 2 aromatic rings. The summed E-state index contributed by atoms with van der Waals surface area (Å²) < 4.78 is 12.3. The van der Waals surface area contributed by atoms with Crippen LogP contribution in [0.2, 0.25) is 0 Å². The van der Waals surface area contributed by atoms with Crippen molar-refractivity contribution in [2.24, 2.45) is 0 Å². The molecular formula is C18H21ClN2O2S2. The van der Waals surface area contributed by atoms with E-state index in [4.69, 9.17) is 0 Å². The lowest BCUT2D eigenvalue weighted by molar-refractivity contribution is -0.117. The maximum Gasteiger partial charge on any atom is 0.242 e. The van der Waals surface area contributed by atoms with Gasteiger partial charge in [-0.15, -0.1) is 24.2 Å². The van der Waals surface area contributed by atoms with Gasteiger partial charge in [0.05, 0.1) is 6.04 Å². The van der Waals surface area contributed by atoms with Gasteiger partial charge in [-0.1, -0.05) is 42.5 Å². The van der Waals surface area contributed by atoms with Gasteiger partial charge in [0.1, 0.15) is 0 Å². The van der Waals surface area contributed by atoms with Crippen LogP contribution in [-0.2, 0) is 27.1 Å². The molecule has 25 heavy (non-hydrogen) atoms. The van der Waals surface area contributed by atoms with Crippen molar-refractivity contribution in [3.63, 3.8) is 0 Å². The molecule has 0 saturated carbocycles. The molecule has 2 N–H and O–H groups in total. The summed E-state index contributed by atoms with van der Waals surface area (Å²) >= 11 is 1.72. The van der Waals surface area contributed by atoms with E-state index in [1.165, 1.54) is 0 Å². The quantitative estimate of drug-likeness (QED) is 0.787. The molecule has 0 aromatic heterocycles. The Morgan fingerprint density at radius 3 is 2.56 bits per heavy atom. The van der Waals surface area contributed by atoms with Crippen LogP contribution in [0.3, 0.4) is 0 Å². The molecule has 1 saturated heterocycles. The first-order valence-corrected chi connectivity index (χ1v) is 10.4. The van der Waals surface area contributed by atoms with Crippen LogP contribution in [0.1, 0.15) is 11.1 Å². The molecule has 2 aromatic carbocycles. The molecule has 0 bridgehead atoms. The Labute approximate surface area is 161 Å². The Balaban J connectivity index is 0.00000225. The van der Waals surface area contributed by atoms with Gasteiger partial charge in [0.25, 0.3) is 0 Å². The second-order valence-electron chi connectivity index (χ2n) is 5.68. The van der Waals surface area contributed by atoms with Crippen molar-refractivity contribution in [1.29, 1.82) is 0 Å². The number of benzene rings is 2. The third-order valence-electron chi connectivity index (χ3n) is 3.73. The predicted molar refractivity (Wildman–Crippen MR) is 109 cm³/mol. The number of carbonyl (C=O) groups is 1. The number of halogens is 1. The monoisotopic (exact) mass is 396 g/mol. The largest absolute Gasteiger partial charge is 0.325 e. The molecule has 1 heterocycles. The number of hydrogen-bond acceptors (Lipinski definition) is 4. The molecule has 1 amide bonds. The fourth-order valence-electron chi connectivity index (χ4n) is 2.53. The van der Waals surface area contributed by atoms with E-state index in [9.17, 15) is 9.00 Å². The summed E-state index contributed by atoms with van der Waals surface area (Å²) in [5.74, 6) is 2.63. The second kappa shape index (κ2) is 9.97. The fraction of sp³-hybridized carbons (Fsp3) is 0.278. The molecule has 134 valence electrons. The summed E-state index contributed by atoms with van der Waals surface area (Å²) in [6.07, 6.45) is 0.